The molecule has 5 nitrogen and oxygen atoms in total. The number of sulfonamides is 1. The number of anilines is 2. The van der Waals surface area contributed by atoms with E-state index in [2.05, 4.69) is 12.2 Å². The van der Waals surface area contributed by atoms with Crippen molar-refractivity contribution in [3.63, 3.8) is 0 Å². The second kappa shape index (κ2) is 5.38. The number of nitrogens with one attached hydrogen (secondary N) is 1. The van der Waals surface area contributed by atoms with Gasteiger partial charge in [0.05, 0.1) is 11.4 Å². The Bertz CT molecular complexity index is 551. The molecule has 1 aromatic carbocycles. The van der Waals surface area contributed by atoms with Crippen molar-refractivity contribution in [1.82, 2.24) is 4.31 Å². The first-order valence-corrected chi connectivity index (χ1v) is 7.65. The average molecular weight is 285 g/mol. The van der Waals surface area contributed by atoms with Gasteiger partial charge in [0, 0.05) is 19.6 Å². The van der Waals surface area contributed by atoms with E-state index in [1.807, 2.05) is 13.8 Å². The molecular weight excluding hydrogens is 262 g/mol. The quantitative estimate of drug-likeness (QED) is 0.813. The summed E-state index contributed by atoms with van der Waals surface area (Å²) in [4.78, 5) is 0.134. The molecule has 0 atom stereocenters. The first-order chi connectivity index (χ1) is 8.62. The molecule has 108 valence electrons. The number of hydrogen-bond acceptors (Lipinski definition) is 4. The zero-order valence-electron chi connectivity index (χ0n) is 12.2. The van der Waals surface area contributed by atoms with Crippen molar-refractivity contribution < 1.29 is 8.42 Å². The van der Waals surface area contributed by atoms with Crippen LogP contribution in [0.15, 0.2) is 23.1 Å². The van der Waals surface area contributed by atoms with Gasteiger partial charge in [-0.3, -0.25) is 0 Å². The topological polar surface area (TPSA) is 75.4 Å². The summed E-state index contributed by atoms with van der Waals surface area (Å²) in [6.07, 6.45) is 0.900. The van der Waals surface area contributed by atoms with E-state index in [0.717, 1.165) is 10.7 Å². The summed E-state index contributed by atoms with van der Waals surface area (Å²) in [5, 5.41) is 3.28. The Labute approximate surface area is 115 Å². The summed E-state index contributed by atoms with van der Waals surface area (Å²) in [7, 11) is -0.542. The van der Waals surface area contributed by atoms with Crippen molar-refractivity contribution in [2.45, 2.75) is 37.6 Å². The van der Waals surface area contributed by atoms with Crippen molar-refractivity contribution in [2.24, 2.45) is 0 Å². The van der Waals surface area contributed by atoms with Crippen molar-refractivity contribution in [3.8, 4) is 0 Å². The van der Waals surface area contributed by atoms with Crippen LogP contribution in [-0.4, -0.2) is 32.4 Å². The van der Waals surface area contributed by atoms with Crippen LogP contribution in [0.2, 0.25) is 0 Å². The largest absolute Gasteiger partial charge is 0.396 e. The molecule has 0 fully saturated rings. The summed E-state index contributed by atoms with van der Waals surface area (Å²) >= 11 is 0. The van der Waals surface area contributed by atoms with Crippen LogP contribution in [0.4, 0.5) is 11.4 Å². The molecule has 0 aromatic heterocycles. The molecule has 0 heterocycles. The predicted octanol–water partition coefficient (Wildman–Crippen LogP) is 2.12. The van der Waals surface area contributed by atoms with Gasteiger partial charge in [-0.05, 0) is 32.4 Å². The van der Waals surface area contributed by atoms with Crippen LogP contribution in [0, 0.1) is 0 Å². The highest BCUT2D eigenvalue weighted by atomic mass is 32.2. The van der Waals surface area contributed by atoms with Gasteiger partial charge in [0.15, 0.2) is 0 Å². The van der Waals surface area contributed by atoms with Gasteiger partial charge in [-0.15, -0.1) is 0 Å². The van der Waals surface area contributed by atoms with E-state index in [4.69, 9.17) is 5.73 Å². The van der Waals surface area contributed by atoms with E-state index in [1.165, 1.54) is 20.2 Å². The summed E-state index contributed by atoms with van der Waals surface area (Å²) < 4.78 is 25.5. The van der Waals surface area contributed by atoms with Gasteiger partial charge >= 0.3 is 0 Å². The van der Waals surface area contributed by atoms with E-state index >= 15 is 0 Å². The van der Waals surface area contributed by atoms with Gasteiger partial charge in [-0.2, -0.15) is 0 Å². The van der Waals surface area contributed by atoms with Crippen LogP contribution in [0.25, 0.3) is 0 Å². The van der Waals surface area contributed by atoms with Crippen LogP contribution in [0.3, 0.4) is 0 Å². The maximum atomic E-state index is 12.2. The monoisotopic (exact) mass is 285 g/mol. The van der Waals surface area contributed by atoms with Crippen molar-refractivity contribution in [3.05, 3.63) is 18.2 Å². The first-order valence-electron chi connectivity index (χ1n) is 6.21. The molecule has 0 unspecified atom stereocenters. The zero-order valence-corrected chi connectivity index (χ0v) is 13.0. The van der Waals surface area contributed by atoms with E-state index in [1.54, 1.807) is 12.1 Å². The molecule has 0 saturated carbocycles. The molecule has 0 aliphatic heterocycles. The first kappa shape index (κ1) is 15.8. The lowest BCUT2D eigenvalue weighted by Gasteiger charge is -2.27. The maximum absolute atomic E-state index is 12.2. The highest BCUT2D eigenvalue weighted by molar-refractivity contribution is 7.89. The van der Waals surface area contributed by atoms with Crippen molar-refractivity contribution in [1.29, 1.82) is 0 Å². The van der Waals surface area contributed by atoms with E-state index in [0.29, 0.717) is 5.69 Å². The molecular formula is C13H23N3O2S. The van der Waals surface area contributed by atoms with Crippen LogP contribution >= 0.6 is 0 Å². The molecule has 3 N–H and O–H groups in total. The Morgan fingerprint density at radius 3 is 2.37 bits per heavy atom. The van der Waals surface area contributed by atoms with Gasteiger partial charge < -0.3 is 11.1 Å². The van der Waals surface area contributed by atoms with E-state index in [-0.39, 0.29) is 16.1 Å². The number of para-hydroxylation sites is 1. The second-order valence-corrected chi connectivity index (χ2v) is 7.49. The Morgan fingerprint density at radius 1 is 1.32 bits per heavy atom. The third kappa shape index (κ3) is 3.39. The van der Waals surface area contributed by atoms with Gasteiger partial charge in [0.1, 0.15) is 4.90 Å². The Hall–Kier alpha value is -1.27. The van der Waals surface area contributed by atoms with Crippen LogP contribution in [-0.2, 0) is 10.0 Å². The van der Waals surface area contributed by atoms with Crippen LogP contribution in [0.5, 0.6) is 0 Å². The standard InChI is InChI=1S/C13H23N3O2S/c1-6-13(2,3)15-10-8-7-9-11(12(10)14)19(17,18)16(4)5/h7-9,15H,6,14H2,1-5H3. The van der Waals surface area contributed by atoms with Gasteiger partial charge in [0.2, 0.25) is 10.0 Å². The summed E-state index contributed by atoms with van der Waals surface area (Å²) in [6, 6.07) is 5.01. The predicted molar refractivity (Wildman–Crippen MR) is 79.7 cm³/mol. The van der Waals surface area contributed by atoms with Gasteiger partial charge in [-0.1, -0.05) is 13.0 Å². The molecule has 6 heteroatoms. The molecule has 0 amide bonds. The third-order valence-corrected chi connectivity index (χ3v) is 5.05. The minimum Gasteiger partial charge on any atom is -0.396 e. The molecule has 0 aliphatic rings. The SMILES string of the molecule is CCC(C)(C)Nc1cccc(S(=O)(=O)N(C)C)c1N. The Kier molecular flexibility index (Phi) is 4.47. The minimum absolute atomic E-state index is 0.134. The highest BCUT2D eigenvalue weighted by Gasteiger charge is 2.23. The van der Waals surface area contributed by atoms with Crippen molar-refractivity contribution in [2.75, 3.05) is 25.1 Å². The van der Waals surface area contributed by atoms with Gasteiger partial charge in [-0.25, -0.2) is 12.7 Å². The molecule has 19 heavy (non-hydrogen) atoms. The fraction of sp³-hybridized carbons (Fsp3) is 0.538. The number of benzene rings is 1. The number of hydrogen-bond donors (Lipinski definition) is 2. The zero-order chi connectivity index (χ0) is 14.8. The fourth-order valence-electron chi connectivity index (χ4n) is 1.53. The molecule has 1 aromatic rings. The highest BCUT2D eigenvalue weighted by Crippen LogP contribution is 2.30. The van der Waals surface area contributed by atoms with Crippen molar-refractivity contribution >= 4 is 21.4 Å². The molecule has 0 saturated heterocycles. The average Bonchev–Trinajstić information content (AvgIpc) is 2.31. The smallest absolute Gasteiger partial charge is 0.244 e. The summed E-state index contributed by atoms with van der Waals surface area (Å²) in [6.45, 7) is 6.14. The molecule has 0 aliphatic carbocycles. The van der Waals surface area contributed by atoms with E-state index < -0.39 is 10.0 Å². The normalized spacial score (nSPS) is 12.7. The molecule has 0 spiro atoms. The minimum atomic E-state index is -3.52. The summed E-state index contributed by atoms with van der Waals surface area (Å²) in [5.41, 5.74) is 6.77. The van der Waals surface area contributed by atoms with Crippen LogP contribution in [0.1, 0.15) is 27.2 Å². The summed E-state index contributed by atoms with van der Waals surface area (Å²) in [5.74, 6) is 0. The Morgan fingerprint density at radius 2 is 1.89 bits per heavy atom. The molecule has 0 bridgehead atoms. The van der Waals surface area contributed by atoms with E-state index in [9.17, 15) is 8.42 Å². The second-order valence-electron chi connectivity index (χ2n) is 5.37. The lowest BCUT2D eigenvalue weighted by Crippen LogP contribution is -2.30. The Balaban J connectivity index is 3.28. The fourth-order valence-corrected chi connectivity index (χ4v) is 2.56. The van der Waals surface area contributed by atoms with Crippen LogP contribution < -0.4 is 11.1 Å². The lowest BCUT2D eigenvalue weighted by molar-refractivity contribution is 0.521. The number of nitrogen functional groups attached to an aromatic ring is 1. The number of nitrogens with two attached hydrogens (primary N) is 1. The molecule has 0 radical (unpaired) electrons. The third-order valence-electron chi connectivity index (χ3n) is 3.18. The maximum Gasteiger partial charge on any atom is 0.244 e. The number of rotatable bonds is 5. The molecule has 1 rings (SSSR count). The number of nitrogens with zero attached hydrogens (tertiary/aromatic N) is 1. The lowest BCUT2D eigenvalue weighted by atomic mass is 10.0. The van der Waals surface area contributed by atoms with Gasteiger partial charge in [0.25, 0.3) is 0 Å².